The summed E-state index contributed by atoms with van der Waals surface area (Å²) in [6.45, 7) is 14.1. The van der Waals surface area contributed by atoms with Crippen molar-refractivity contribution in [2.45, 2.75) is 47.1 Å². The minimum absolute atomic E-state index is 0.152. The van der Waals surface area contributed by atoms with E-state index in [9.17, 15) is 4.39 Å². The van der Waals surface area contributed by atoms with Crippen LogP contribution in [0.1, 0.15) is 41.0 Å². The monoisotopic (exact) mass is 280 g/mol. The molecule has 0 heterocycles. The van der Waals surface area contributed by atoms with Gasteiger partial charge in [0.2, 0.25) is 0 Å². The topological polar surface area (TPSA) is 15.3 Å². The molecule has 3 heteroatoms. The van der Waals surface area contributed by atoms with Crippen molar-refractivity contribution in [2.24, 2.45) is 5.41 Å². The zero-order chi connectivity index (χ0) is 15.2. The van der Waals surface area contributed by atoms with E-state index in [1.54, 1.807) is 0 Å². The maximum atomic E-state index is 13.0. The Balaban J connectivity index is 2.73. The van der Waals surface area contributed by atoms with Gasteiger partial charge >= 0.3 is 0 Å². The van der Waals surface area contributed by atoms with Gasteiger partial charge in [0.15, 0.2) is 0 Å². The van der Waals surface area contributed by atoms with Crippen LogP contribution in [-0.4, -0.2) is 25.7 Å². The Morgan fingerprint density at radius 2 is 1.80 bits per heavy atom. The first-order valence-corrected chi connectivity index (χ1v) is 7.64. The first-order chi connectivity index (χ1) is 9.40. The van der Waals surface area contributed by atoms with Crippen LogP contribution >= 0.6 is 0 Å². The molecule has 1 unspecified atom stereocenters. The highest BCUT2D eigenvalue weighted by Crippen LogP contribution is 2.25. The maximum Gasteiger partial charge on any atom is 0.123 e. The SMILES string of the molecule is CCCNC(C)C(C)(C)CN(CC)c1ccc(F)cc1. The molecule has 0 saturated heterocycles. The molecular formula is C17H29FN2. The number of hydrogen-bond acceptors (Lipinski definition) is 2. The van der Waals surface area contributed by atoms with Crippen molar-refractivity contribution in [2.75, 3.05) is 24.5 Å². The van der Waals surface area contributed by atoms with Gasteiger partial charge in [0, 0.05) is 24.8 Å². The lowest BCUT2D eigenvalue weighted by Gasteiger charge is -2.38. The van der Waals surface area contributed by atoms with Crippen LogP contribution in [0.3, 0.4) is 0 Å². The summed E-state index contributed by atoms with van der Waals surface area (Å²) in [5.74, 6) is -0.179. The number of nitrogens with zero attached hydrogens (tertiary/aromatic N) is 1. The lowest BCUT2D eigenvalue weighted by molar-refractivity contribution is 0.261. The van der Waals surface area contributed by atoms with Gasteiger partial charge in [-0.3, -0.25) is 0 Å². The lowest BCUT2D eigenvalue weighted by Crippen LogP contribution is -2.47. The van der Waals surface area contributed by atoms with E-state index in [1.807, 2.05) is 12.1 Å². The standard InChI is InChI=1S/C17H29FN2/c1-6-12-19-14(3)17(4,5)13-20(7-2)16-10-8-15(18)9-11-16/h8-11,14,19H,6-7,12-13H2,1-5H3. The molecule has 0 aromatic heterocycles. The van der Waals surface area contributed by atoms with E-state index in [-0.39, 0.29) is 11.2 Å². The summed E-state index contributed by atoms with van der Waals surface area (Å²) < 4.78 is 13.0. The second kappa shape index (κ2) is 7.63. The van der Waals surface area contributed by atoms with Gasteiger partial charge < -0.3 is 10.2 Å². The Kier molecular flexibility index (Phi) is 6.47. The molecule has 1 N–H and O–H groups in total. The molecule has 20 heavy (non-hydrogen) atoms. The Hall–Kier alpha value is -1.09. The summed E-state index contributed by atoms with van der Waals surface area (Å²) in [7, 11) is 0. The van der Waals surface area contributed by atoms with Gasteiger partial charge in [0.1, 0.15) is 5.82 Å². The Morgan fingerprint density at radius 1 is 1.20 bits per heavy atom. The van der Waals surface area contributed by atoms with Crippen molar-refractivity contribution in [3.05, 3.63) is 30.1 Å². The quantitative estimate of drug-likeness (QED) is 0.772. The molecule has 0 aliphatic carbocycles. The van der Waals surface area contributed by atoms with Crippen LogP contribution in [0, 0.1) is 11.2 Å². The highest BCUT2D eigenvalue weighted by atomic mass is 19.1. The number of hydrogen-bond donors (Lipinski definition) is 1. The van der Waals surface area contributed by atoms with E-state index >= 15 is 0 Å². The molecule has 1 aromatic carbocycles. The molecule has 2 nitrogen and oxygen atoms in total. The van der Waals surface area contributed by atoms with Gasteiger partial charge in [-0.15, -0.1) is 0 Å². The fourth-order valence-corrected chi connectivity index (χ4v) is 2.30. The fourth-order valence-electron chi connectivity index (χ4n) is 2.30. The minimum Gasteiger partial charge on any atom is -0.371 e. The molecule has 0 amide bonds. The Bertz CT molecular complexity index is 386. The average molecular weight is 280 g/mol. The summed E-state index contributed by atoms with van der Waals surface area (Å²) in [4.78, 5) is 2.31. The minimum atomic E-state index is -0.179. The zero-order valence-electron chi connectivity index (χ0n) is 13.5. The Morgan fingerprint density at radius 3 is 2.30 bits per heavy atom. The third-order valence-corrected chi connectivity index (χ3v) is 4.04. The molecule has 1 rings (SSSR count). The highest BCUT2D eigenvalue weighted by molar-refractivity contribution is 5.46. The molecule has 0 saturated carbocycles. The van der Waals surface area contributed by atoms with Gasteiger partial charge in [-0.1, -0.05) is 20.8 Å². The van der Waals surface area contributed by atoms with Crippen molar-refractivity contribution in [3.8, 4) is 0 Å². The lowest BCUT2D eigenvalue weighted by atomic mass is 9.84. The summed E-state index contributed by atoms with van der Waals surface area (Å²) in [5.41, 5.74) is 1.24. The third-order valence-electron chi connectivity index (χ3n) is 4.04. The molecule has 114 valence electrons. The Labute approximate surface area is 123 Å². The highest BCUT2D eigenvalue weighted by Gasteiger charge is 2.27. The van der Waals surface area contributed by atoms with Crippen LogP contribution in [0.25, 0.3) is 0 Å². The van der Waals surface area contributed by atoms with Crippen molar-refractivity contribution >= 4 is 5.69 Å². The molecule has 1 aromatic rings. The third kappa shape index (κ3) is 4.78. The first-order valence-electron chi connectivity index (χ1n) is 7.64. The van der Waals surface area contributed by atoms with Crippen LogP contribution in [0.4, 0.5) is 10.1 Å². The molecule has 0 spiro atoms. The normalized spacial score (nSPS) is 13.3. The molecule has 0 radical (unpaired) electrons. The zero-order valence-corrected chi connectivity index (χ0v) is 13.5. The molecule has 0 aliphatic rings. The van der Waals surface area contributed by atoms with Crippen LogP contribution in [0.5, 0.6) is 0 Å². The van der Waals surface area contributed by atoms with Crippen molar-refractivity contribution < 1.29 is 4.39 Å². The second-order valence-corrected chi connectivity index (χ2v) is 6.15. The predicted molar refractivity (Wildman–Crippen MR) is 85.8 cm³/mol. The van der Waals surface area contributed by atoms with Gasteiger partial charge in [-0.05, 0) is 56.5 Å². The van der Waals surface area contributed by atoms with Crippen LogP contribution in [0.15, 0.2) is 24.3 Å². The van der Waals surface area contributed by atoms with E-state index in [2.05, 4.69) is 44.8 Å². The maximum absolute atomic E-state index is 13.0. The number of benzene rings is 1. The smallest absolute Gasteiger partial charge is 0.123 e. The largest absolute Gasteiger partial charge is 0.371 e. The summed E-state index contributed by atoms with van der Waals surface area (Å²) in [5, 5.41) is 3.58. The number of rotatable bonds is 8. The van der Waals surface area contributed by atoms with Gasteiger partial charge in [0.25, 0.3) is 0 Å². The number of halogens is 1. The summed E-state index contributed by atoms with van der Waals surface area (Å²) in [6, 6.07) is 7.22. The molecule has 0 aliphatic heterocycles. The molecule has 0 fully saturated rings. The number of nitrogens with one attached hydrogen (secondary N) is 1. The first kappa shape index (κ1) is 17.0. The average Bonchev–Trinajstić information content (AvgIpc) is 2.43. The van der Waals surface area contributed by atoms with E-state index in [0.717, 1.165) is 31.7 Å². The molecule has 0 bridgehead atoms. The van der Waals surface area contributed by atoms with Crippen LogP contribution in [0.2, 0.25) is 0 Å². The van der Waals surface area contributed by atoms with Gasteiger partial charge in [0.05, 0.1) is 0 Å². The van der Waals surface area contributed by atoms with Gasteiger partial charge in [-0.2, -0.15) is 0 Å². The predicted octanol–water partition coefficient (Wildman–Crippen LogP) is 4.07. The fraction of sp³-hybridized carbons (Fsp3) is 0.647. The summed E-state index contributed by atoms with van der Waals surface area (Å²) in [6.07, 6.45) is 1.15. The van der Waals surface area contributed by atoms with E-state index in [4.69, 9.17) is 0 Å². The second-order valence-electron chi connectivity index (χ2n) is 6.15. The van der Waals surface area contributed by atoms with Crippen molar-refractivity contribution in [3.63, 3.8) is 0 Å². The van der Waals surface area contributed by atoms with E-state index < -0.39 is 0 Å². The number of anilines is 1. The van der Waals surface area contributed by atoms with Gasteiger partial charge in [-0.25, -0.2) is 4.39 Å². The molecule has 1 atom stereocenters. The van der Waals surface area contributed by atoms with Crippen molar-refractivity contribution in [1.29, 1.82) is 0 Å². The van der Waals surface area contributed by atoms with Crippen LogP contribution in [-0.2, 0) is 0 Å². The summed E-state index contributed by atoms with van der Waals surface area (Å²) >= 11 is 0. The van der Waals surface area contributed by atoms with E-state index in [0.29, 0.717) is 6.04 Å². The van der Waals surface area contributed by atoms with E-state index in [1.165, 1.54) is 12.1 Å². The van der Waals surface area contributed by atoms with Crippen LogP contribution < -0.4 is 10.2 Å². The molecular weight excluding hydrogens is 251 g/mol. The van der Waals surface area contributed by atoms with Crippen molar-refractivity contribution in [1.82, 2.24) is 5.32 Å².